The molecule has 0 amide bonds. The maximum absolute atomic E-state index is 12.4. The van der Waals surface area contributed by atoms with Gasteiger partial charge in [-0.3, -0.25) is 0 Å². The smallest absolute Gasteiger partial charge is 0.373 e. The van der Waals surface area contributed by atoms with Crippen LogP contribution in [-0.4, -0.2) is 49.9 Å². The second-order valence-electron chi connectivity index (χ2n) is 10.7. The van der Waals surface area contributed by atoms with E-state index < -0.39 is 17.4 Å². The first-order valence-corrected chi connectivity index (χ1v) is 11.8. The van der Waals surface area contributed by atoms with Gasteiger partial charge in [0.2, 0.25) is 5.76 Å². The first-order valence-electron chi connectivity index (χ1n) is 11.8. The van der Waals surface area contributed by atoms with Crippen LogP contribution in [0.2, 0.25) is 0 Å². The fraction of sp³-hybridized carbons (Fsp3) is 0.800. The van der Waals surface area contributed by atoms with E-state index in [9.17, 15) is 9.90 Å². The van der Waals surface area contributed by atoms with Gasteiger partial charge in [0.1, 0.15) is 0 Å². The van der Waals surface area contributed by atoms with E-state index in [1.54, 1.807) is 7.11 Å². The summed E-state index contributed by atoms with van der Waals surface area (Å²) in [6.45, 7) is 5.85. The van der Waals surface area contributed by atoms with Gasteiger partial charge in [0.05, 0.1) is 33.0 Å². The Morgan fingerprint density at radius 3 is 2.48 bits per heavy atom. The van der Waals surface area contributed by atoms with Gasteiger partial charge in [-0.1, -0.05) is 25.5 Å². The minimum Gasteiger partial charge on any atom is -0.490 e. The van der Waals surface area contributed by atoms with Gasteiger partial charge in [-0.05, 0) is 61.3 Å². The van der Waals surface area contributed by atoms with Crippen molar-refractivity contribution in [1.29, 1.82) is 0 Å². The van der Waals surface area contributed by atoms with Crippen molar-refractivity contribution in [1.82, 2.24) is 0 Å². The number of fused-ring (bicyclic) bond motifs is 5. The lowest BCUT2D eigenvalue weighted by Gasteiger charge is -2.62. The van der Waals surface area contributed by atoms with Crippen molar-refractivity contribution in [3.63, 3.8) is 0 Å². The van der Waals surface area contributed by atoms with Crippen LogP contribution in [0.4, 0.5) is 0 Å². The molecule has 5 rings (SSSR count). The molecule has 6 heteroatoms. The summed E-state index contributed by atoms with van der Waals surface area (Å²) >= 11 is 0. The molecule has 0 unspecified atom stereocenters. The minimum atomic E-state index is -0.741. The third-order valence-electron chi connectivity index (χ3n) is 9.75. The second-order valence-corrected chi connectivity index (χ2v) is 10.7. The van der Waals surface area contributed by atoms with Crippen molar-refractivity contribution >= 4 is 5.97 Å². The van der Waals surface area contributed by atoms with Crippen LogP contribution in [0.1, 0.15) is 65.2 Å². The van der Waals surface area contributed by atoms with Crippen LogP contribution in [-0.2, 0) is 23.7 Å². The Morgan fingerprint density at radius 1 is 1.06 bits per heavy atom. The van der Waals surface area contributed by atoms with Gasteiger partial charge in [0, 0.05) is 18.3 Å². The summed E-state index contributed by atoms with van der Waals surface area (Å²) in [5, 5.41) is 12.3. The van der Waals surface area contributed by atoms with Gasteiger partial charge in [-0.2, -0.15) is 0 Å². The summed E-state index contributed by atoms with van der Waals surface area (Å²) in [4.78, 5) is 12.4. The molecule has 1 spiro atoms. The number of esters is 1. The van der Waals surface area contributed by atoms with Crippen molar-refractivity contribution < 1.29 is 28.8 Å². The molecule has 1 heterocycles. The van der Waals surface area contributed by atoms with E-state index in [-0.39, 0.29) is 16.7 Å². The topological polar surface area (TPSA) is 74.2 Å². The lowest BCUT2D eigenvalue weighted by atomic mass is 9.45. The third-order valence-corrected chi connectivity index (χ3v) is 9.75. The second kappa shape index (κ2) is 7.06. The molecule has 0 aromatic heterocycles. The quantitative estimate of drug-likeness (QED) is 0.309. The Hall–Kier alpha value is -1.37. The predicted octanol–water partition coefficient (Wildman–Crippen LogP) is 3.88. The van der Waals surface area contributed by atoms with Crippen LogP contribution in [0, 0.1) is 22.7 Å². The highest BCUT2D eigenvalue weighted by molar-refractivity contribution is 5.87. The first kappa shape index (κ1) is 21.5. The average Bonchev–Trinajstić information content (AvgIpc) is 3.35. The van der Waals surface area contributed by atoms with Gasteiger partial charge in [0.25, 0.3) is 0 Å². The highest BCUT2D eigenvalue weighted by Crippen LogP contribution is 2.68. The van der Waals surface area contributed by atoms with Crippen molar-refractivity contribution in [2.75, 3.05) is 27.4 Å². The molecular formula is C25H36O6. The molecule has 0 aromatic rings. The Bertz CT molecular complexity index is 839. The van der Waals surface area contributed by atoms with Gasteiger partial charge >= 0.3 is 5.97 Å². The number of hydrogen-bond donors (Lipinski definition) is 1. The lowest BCUT2D eigenvalue weighted by molar-refractivity contribution is -0.218. The van der Waals surface area contributed by atoms with E-state index in [4.69, 9.17) is 18.9 Å². The lowest BCUT2D eigenvalue weighted by Crippen LogP contribution is -2.63. The number of carbonyl (C=O) groups excluding carboxylic acids is 1. The van der Waals surface area contributed by atoms with E-state index in [0.29, 0.717) is 24.9 Å². The zero-order chi connectivity index (χ0) is 22.1. The molecule has 0 aromatic carbocycles. The largest absolute Gasteiger partial charge is 0.490 e. The van der Waals surface area contributed by atoms with Crippen LogP contribution in [0.3, 0.4) is 0 Å². The van der Waals surface area contributed by atoms with E-state index in [1.807, 2.05) is 0 Å². The van der Waals surface area contributed by atoms with Crippen molar-refractivity contribution in [3.8, 4) is 0 Å². The molecule has 31 heavy (non-hydrogen) atoms. The molecule has 1 saturated heterocycles. The molecule has 172 valence electrons. The number of aliphatic hydroxyl groups is 1. The van der Waals surface area contributed by atoms with Crippen LogP contribution in [0.5, 0.6) is 0 Å². The number of hydrogen-bond acceptors (Lipinski definition) is 6. The molecule has 5 atom stereocenters. The molecule has 3 saturated carbocycles. The van der Waals surface area contributed by atoms with Crippen LogP contribution in [0.15, 0.2) is 23.0 Å². The molecule has 0 bridgehead atoms. The average molecular weight is 433 g/mol. The van der Waals surface area contributed by atoms with Gasteiger partial charge in [-0.25, -0.2) is 4.79 Å². The highest BCUT2D eigenvalue weighted by atomic mass is 16.7. The van der Waals surface area contributed by atoms with E-state index in [2.05, 4.69) is 19.9 Å². The first-order chi connectivity index (χ1) is 14.7. The predicted molar refractivity (Wildman–Crippen MR) is 114 cm³/mol. The fourth-order valence-corrected chi connectivity index (χ4v) is 7.90. The zero-order valence-corrected chi connectivity index (χ0v) is 19.3. The summed E-state index contributed by atoms with van der Waals surface area (Å²) in [5.74, 6) is -0.0127. The molecule has 6 nitrogen and oxygen atoms in total. The molecule has 1 N–H and O–H groups in total. The third kappa shape index (κ3) is 2.77. The Labute approximate surface area is 184 Å². The van der Waals surface area contributed by atoms with E-state index in [0.717, 1.165) is 56.9 Å². The van der Waals surface area contributed by atoms with E-state index in [1.165, 1.54) is 12.7 Å². The summed E-state index contributed by atoms with van der Waals surface area (Å²) in [6, 6.07) is 0. The fourth-order valence-electron chi connectivity index (χ4n) is 7.90. The van der Waals surface area contributed by atoms with Gasteiger partial charge in [0.15, 0.2) is 5.79 Å². The van der Waals surface area contributed by atoms with Crippen molar-refractivity contribution in [2.45, 2.75) is 76.6 Å². The maximum atomic E-state index is 12.4. The Balaban J connectivity index is 1.50. The number of allylic oxidation sites excluding steroid dienone is 2. The van der Waals surface area contributed by atoms with Crippen LogP contribution < -0.4 is 0 Å². The normalized spacial score (nSPS) is 44.7. The number of ether oxygens (including phenoxy) is 4. The zero-order valence-electron chi connectivity index (χ0n) is 19.3. The molecule has 4 fully saturated rings. The molecule has 5 aliphatic rings. The molecule has 0 radical (unpaired) electrons. The standard InChI is InChI=1S/C25H36O6/c1-22-9-12-25(27)18(17(22)7-8-19(22)20(28-3)21(26)29-4)6-5-16-15-24(30-13-14-31-24)11-10-23(16,25)2/h5,17-18,27H,6-15H2,1-4H3/t17-,18-,22-,23-,25+/m0/s1. The van der Waals surface area contributed by atoms with Crippen molar-refractivity contribution in [3.05, 3.63) is 23.0 Å². The number of methoxy groups -OCH3 is 2. The number of rotatable bonds is 2. The van der Waals surface area contributed by atoms with Crippen molar-refractivity contribution in [2.24, 2.45) is 22.7 Å². The Kier molecular flexibility index (Phi) is 4.89. The van der Waals surface area contributed by atoms with Gasteiger partial charge in [-0.15, -0.1) is 0 Å². The molecule has 1 aliphatic heterocycles. The summed E-state index contributed by atoms with van der Waals surface area (Å²) < 4.78 is 22.5. The monoisotopic (exact) mass is 432 g/mol. The Morgan fingerprint density at radius 2 is 1.81 bits per heavy atom. The highest BCUT2D eigenvalue weighted by Gasteiger charge is 2.66. The van der Waals surface area contributed by atoms with E-state index >= 15 is 0 Å². The summed E-state index contributed by atoms with van der Waals surface area (Å²) in [6.07, 6.45) is 9.09. The SMILES string of the molecule is COC(=O)C(OC)=C1CC[C@H]2[C@@H]3CC=C4CC5(CC[C@]4(C)[C@@]3(O)CC[C@]12C)OCCO5. The van der Waals surface area contributed by atoms with Crippen LogP contribution in [0.25, 0.3) is 0 Å². The maximum Gasteiger partial charge on any atom is 0.373 e. The number of carbonyl (C=O) groups is 1. The minimum absolute atomic E-state index is 0.147. The molecular weight excluding hydrogens is 396 g/mol. The van der Waals surface area contributed by atoms with Gasteiger partial charge < -0.3 is 24.1 Å². The summed E-state index contributed by atoms with van der Waals surface area (Å²) in [7, 11) is 2.95. The molecule has 4 aliphatic carbocycles. The van der Waals surface area contributed by atoms with Crippen LogP contribution >= 0.6 is 0 Å². The summed E-state index contributed by atoms with van der Waals surface area (Å²) in [5.41, 5.74) is 1.24.